The van der Waals surface area contributed by atoms with Crippen molar-refractivity contribution in [1.82, 2.24) is 4.83 Å². The Labute approximate surface area is 129 Å². The van der Waals surface area contributed by atoms with E-state index in [4.69, 9.17) is 9.47 Å². The molecule has 0 aliphatic heterocycles. The van der Waals surface area contributed by atoms with Gasteiger partial charge in [0, 0.05) is 0 Å². The predicted molar refractivity (Wildman–Crippen MR) is 83.9 cm³/mol. The molecule has 2 rings (SSSR count). The van der Waals surface area contributed by atoms with Gasteiger partial charge in [0.25, 0.3) is 10.0 Å². The van der Waals surface area contributed by atoms with Crippen LogP contribution in [0.4, 0.5) is 0 Å². The lowest BCUT2D eigenvalue weighted by Gasteiger charge is -2.07. The second kappa shape index (κ2) is 6.95. The summed E-state index contributed by atoms with van der Waals surface area (Å²) in [5, 5.41) is 3.76. The molecule has 1 N–H and O–H groups in total. The third kappa shape index (κ3) is 3.76. The Bertz CT molecular complexity index is 758. The normalized spacial score (nSPS) is 11.4. The average Bonchev–Trinajstić information content (AvgIpc) is 2.55. The summed E-state index contributed by atoms with van der Waals surface area (Å²) < 4.78 is 34.2. The van der Waals surface area contributed by atoms with Crippen molar-refractivity contribution in [2.75, 3.05) is 14.2 Å². The standard InChI is InChI=1S/C15H16N2O4S/c1-20-14-9-8-12(10-15(14)21-2)11-16-17-22(18,19)13-6-4-3-5-7-13/h3-11,17H,1-2H3/b16-11-. The number of hydrogen-bond donors (Lipinski definition) is 1. The Morgan fingerprint density at radius 1 is 1.00 bits per heavy atom. The highest BCUT2D eigenvalue weighted by Gasteiger charge is 2.11. The van der Waals surface area contributed by atoms with Gasteiger partial charge in [-0.15, -0.1) is 0 Å². The molecular formula is C15H16N2O4S. The van der Waals surface area contributed by atoms with Crippen LogP contribution >= 0.6 is 0 Å². The molecule has 0 bridgehead atoms. The Morgan fingerprint density at radius 3 is 2.32 bits per heavy atom. The van der Waals surface area contributed by atoms with Crippen LogP contribution in [-0.2, 0) is 10.0 Å². The van der Waals surface area contributed by atoms with Crippen LogP contribution in [-0.4, -0.2) is 28.9 Å². The van der Waals surface area contributed by atoms with Crippen LogP contribution in [0.3, 0.4) is 0 Å². The van der Waals surface area contributed by atoms with Crippen molar-refractivity contribution >= 4 is 16.2 Å². The SMILES string of the molecule is COc1ccc(/C=N\NS(=O)(=O)c2ccccc2)cc1OC. The minimum absolute atomic E-state index is 0.152. The summed E-state index contributed by atoms with van der Waals surface area (Å²) in [6, 6.07) is 13.2. The quantitative estimate of drug-likeness (QED) is 0.652. The molecule has 2 aromatic carbocycles. The first-order valence-corrected chi connectivity index (χ1v) is 7.87. The lowest BCUT2D eigenvalue weighted by molar-refractivity contribution is 0.355. The maximum Gasteiger partial charge on any atom is 0.276 e. The van der Waals surface area contributed by atoms with Crippen LogP contribution in [0.15, 0.2) is 58.5 Å². The van der Waals surface area contributed by atoms with Crippen molar-refractivity contribution in [1.29, 1.82) is 0 Å². The molecule has 0 saturated carbocycles. The predicted octanol–water partition coefficient (Wildman–Crippen LogP) is 2.02. The van der Waals surface area contributed by atoms with Gasteiger partial charge in [-0.25, -0.2) is 4.83 Å². The van der Waals surface area contributed by atoms with E-state index in [1.165, 1.54) is 25.5 Å². The van der Waals surface area contributed by atoms with Gasteiger partial charge < -0.3 is 9.47 Å². The van der Waals surface area contributed by atoms with E-state index in [9.17, 15) is 8.42 Å². The monoisotopic (exact) mass is 320 g/mol. The molecule has 0 saturated heterocycles. The van der Waals surface area contributed by atoms with E-state index in [-0.39, 0.29) is 4.90 Å². The molecule has 0 unspecified atom stereocenters. The zero-order valence-electron chi connectivity index (χ0n) is 12.2. The summed E-state index contributed by atoms with van der Waals surface area (Å²) in [5.74, 6) is 1.13. The van der Waals surface area contributed by atoms with Crippen molar-refractivity contribution in [2.24, 2.45) is 5.10 Å². The second-order valence-corrected chi connectivity index (χ2v) is 5.94. The van der Waals surface area contributed by atoms with Crippen molar-refractivity contribution in [2.45, 2.75) is 4.90 Å². The van der Waals surface area contributed by atoms with Gasteiger partial charge in [-0.05, 0) is 35.9 Å². The molecule has 0 heterocycles. The van der Waals surface area contributed by atoms with Gasteiger partial charge in [0.2, 0.25) is 0 Å². The summed E-state index contributed by atoms with van der Waals surface area (Å²) in [6.07, 6.45) is 1.39. The highest BCUT2D eigenvalue weighted by Crippen LogP contribution is 2.26. The smallest absolute Gasteiger partial charge is 0.276 e. The minimum atomic E-state index is -3.66. The molecule has 116 valence electrons. The molecule has 2 aromatic rings. The van der Waals surface area contributed by atoms with Crippen molar-refractivity contribution in [3.05, 3.63) is 54.1 Å². The number of hydrogen-bond acceptors (Lipinski definition) is 5. The van der Waals surface area contributed by atoms with E-state index >= 15 is 0 Å². The van der Waals surface area contributed by atoms with Gasteiger partial charge >= 0.3 is 0 Å². The Kier molecular flexibility index (Phi) is 5.00. The van der Waals surface area contributed by atoms with Gasteiger partial charge in [0.1, 0.15) is 0 Å². The van der Waals surface area contributed by atoms with Gasteiger partial charge in [-0.3, -0.25) is 0 Å². The molecule has 0 aromatic heterocycles. The Balaban J connectivity index is 2.13. The first-order valence-electron chi connectivity index (χ1n) is 6.39. The maximum atomic E-state index is 12.0. The summed E-state index contributed by atoms with van der Waals surface area (Å²) in [7, 11) is -0.597. The Morgan fingerprint density at radius 2 is 1.68 bits per heavy atom. The Hall–Kier alpha value is -2.54. The van der Waals surface area contributed by atoms with E-state index in [0.717, 1.165) is 0 Å². The number of rotatable bonds is 6. The first-order chi connectivity index (χ1) is 10.6. The van der Waals surface area contributed by atoms with E-state index in [2.05, 4.69) is 9.93 Å². The molecule has 0 spiro atoms. The van der Waals surface area contributed by atoms with Gasteiger partial charge in [0.15, 0.2) is 11.5 Å². The molecule has 7 heteroatoms. The highest BCUT2D eigenvalue weighted by atomic mass is 32.2. The van der Waals surface area contributed by atoms with Crippen LogP contribution in [0.25, 0.3) is 0 Å². The largest absolute Gasteiger partial charge is 0.493 e. The number of hydrazone groups is 1. The lowest BCUT2D eigenvalue weighted by Crippen LogP contribution is -2.18. The van der Waals surface area contributed by atoms with Crippen molar-refractivity contribution < 1.29 is 17.9 Å². The zero-order valence-corrected chi connectivity index (χ0v) is 13.0. The molecule has 6 nitrogen and oxygen atoms in total. The molecule has 0 fully saturated rings. The minimum Gasteiger partial charge on any atom is -0.493 e. The number of methoxy groups -OCH3 is 2. The summed E-state index contributed by atoms with van der Waals surface area (Å²) >= 11 is 0. The van der Waals surface area contributed by atoms with Crippen molar-refractivity contribution in [3.63, 3.8) is 0 Å². The highest BCUT2D eigenvalue weighted by molar-refractivity contribution is 7.89. The summed E-state index contributed by atoms with van der Waals surface area (Å²) in [6.45, 7) is 0. The molecule has 0 amide bonds. The van der Waals surface area contributed by atoms with E-state index in [0.29, 0.717) is 17.1 Å². The maximum absolute atomic E-state index is 12.0. The summed E-state index contributed by atoms with van der Waals surface area (Å²) in [5.41, 5.74) is 0.674. The zero-order chi connectivity index (χ0) is 16.0. The van der Waals surface area contributed by atoms with Crippen LogP contribution in [0.5, 0.6) is 11.5 Å². The number of nitrogens with one attached hydrogen (secondary N) is 1. The fourth-order valence-electron chi connectivity index (χ4n) is 1.76. The fraction of sp³-hybridized carbons (Fsp3) is 0.133. The van der Waals surface area contributed by atoms with Crippen LogP contribution in [0.1, 0.15) is 5.56 Å². The number of ether oxygens (including phenoxy) is 2. The van der Waals surface area contributed by atoms with E-state index < -0.39 is 10.0 Å². The second-order valence-electron chi connectivity index (χ2n) is 4.28. The van der Waals surface area contributed by atoms with E-state index in [1.54, 1.807) is 43.5 Å². The third-order valence-corrected chi connectivity index (χ3v) is 4.09. The molecule has 0 radical (unpaired) electrons. The average molecular weight is 320 g/mol. The van der Waals surface area contributed by atoms with Crippen LogP contribution < -0.4 is 14.3 Å². The number of benzene rings is 2. The molecule has 0 aliphatic rings. The van der Waals surface area contributed by atoms with Crippen molar-refractivity contribution in [3.8, 4) is 11.5 Å². The van der Waals surface area contributed by atoms with Gasteiger partial charge in [-0.2, -0.15) is 13.5 Å². The lowest BCUT2D eigenvalue weighted by atomic mass is 10.2. The molecule has 22 heavy (non-hydrogen) atoms. The first kappa shape index (κ1) is 15.8. The van der Waals surface area contributed by atoms with Crippen LogP contribution in [0, 0.1) is 0 Å². The fourth-order valence-corrected chi connectivity index (χ4v) is 2.57. The number of nitrogens with zero attached hydrogens (tertiary/aromatic N) is 1. The third-order valence-electron chi connectivity index (χ3n) is 2.85. The molecular weight excluding hydrogens is 304 g/mol. The summed E-state index contributed by atoms with van der Waals surface area (Å²) in [4.78, 5) is 2.31. The van der Waals surface area contributed by atoms with Gasteiger partial charge in [0.05, 0.1) is 25.3 Å². The molecule has 0 aliphatic carbocycles. The van der Waals surface area contributed by atoms with Crippen LogP contribution in [0.2, 0.25) is 0 Å². The number of sulfonamides is 1. The van der Waals surface area contributed by atoms with E-state index in [1.807, 2.05) is 0 Å². The van der Waals surface area contributed by atoms with Gasteiger partial charge in [-0.1, -0.05) is 18.2 Å². The molecule has 0 atom stereocenters. The topological polar surface area (TPSA) is 77.0 Å².